The van der Waals surface area contributed by atoms with Gasteiger partial charge in [0, 0.05) is 12.1 Å². The highest BCUT2D eigenvalue weighted by Gasteiger charge is 2.41. The third-order valence-corrected chi connectivity index (χ3v) is 4.12. The molecule has 1 amide bonds. The number of carbonyl (C=O) groups excluding carboxylic acids is 1. The van der Waals surface area contributed by atoms with Crippen LogP contribution in [0.1, 0.15) is 52.4 Å². The monoisotopic (exact) mass is 225 g/mol. The normalized spacial score (nSPS) is 34.2. The molecule has 1 saturated heterocycles. The Kier molecular flexibility index (Phi) is 3.22. The van der Waals surface area contributed by atoms with Crippen molar-refractivity contribution in [2.45, 2.75) is 70.0 Å². The van der Waals surface area contributed by atoms with E-state index in [1.54, 1.807) is 0 Å². The van der Waals surface area contributed by atoms with Gasteiger partial charge in [0.15, 0.2) is 0 Å². The average molecular weight is 225 g/mol. The summed E-state index contributed by atoms with van der Waals surface area (Å²) in [6.07, 6.45) is 6.30. The molecule has 2 unspecified atom stereocenters. The molecule has 2 rings (SSSR count). The second-order valence-electron chi connectivity index (χ2n) is 5.49. The van der Waals surface area contributed by atoms with Crippen LogP contribution in [0.15, 0.2) is 0 Å². The Labute approximate surface area is 97.5 Å². The number of hydrazine groups is 1. The highest BCUT2D eigenvalue weighted by Crippen LogP contribution is 2.30. The van der Waals surface area contributed by atoms with Gasteiger partial charge in [-0.25, -0.2) is 5.01 Å². The molecule has 4 nitrogen and oxygen atoms in total. The summed E-state index contributed by atoms with van der Waals surface area (Å²) in [4.78, 5) is 12.0. The van der Waals surface area contributed by atoms with Crippen molar-refractivity contribution in [2.75, 3.05) is 0 Å². The fourth-order valence-electron chi connectivity index (χ4n) is 2.65. The standard InChI is InChI=1S/C12H23N3O/c1-9-5-3-6-10(2)15(9)14-11(16)12(13)7-4-8-12/h9-10H,3-8,13H2,1-2H3,(H,14,16). The lowest BCUT2D eigenvalue weighted by atomic mass is 9.77. The van der Waals surface area contributed by atoms with Gasteiger partial charge in [0.1, 0.15) is 0 Å². The van der Waals surface area contributed by atoms with Crippen LogP contribution in [-0.4, -0.2) is 28.5 Å². The molecule has 3 N–H and O–H groups in total. The Morgan fingerprint density at radius 3 is 2.25 bits per heavy atom. The van der Waals surface area contributed by atoms with Crippen molar-refractivity contribution in [1.29, 1.82) is 0 Å². The first-order valence-corrected chi connectivity index (χ1v) is 6.41. The Hall–Kier alpha value is -0.610. The van der Waals surface area contributed by atoms with Gasteiger partial charge in [-0.1, -0.05) is 6.42 Å². The van der Waals surface area contributed by atoms with Crippen LogP contribution in [0.4, 0.5) is 0 Å². The van der Waals surface area contributed by atoms with Crippen molar-refractivity contribution in [3.05, 3.63) is 0 Å². The summed E-state index contributed by atoms with van der Waals surface area (Å²) >= 11 is 0. The van der Waals surface area contributed by atoms with Crippen molar-refractivity contribution in [3.63, 3.8) is 0 Å². The minimum absolute atomic E-state index is 0.0133. The molecular weight excluding hydrogens is 202 g/mol. The van der Waals surface area contributed by atoms with Gasteiger partial charge in [0.2, 0.25) is 0 Å². The maximum absolute atomic E-state index is 12.0. The minimum atomic E-state index is -0.586. The number of piperidine rings is 1. The van der Waals surface area contributed by atoms with Gasteiger partial charge in [0.05, 0.1) is 5.54 Å². The van der Waals surface area contributed by atoms with Gasteiger partial charge in [-0.2, -0.15) is 0 Å². The van der Waals surface area contributed by atoms with Crippen LogP contribution in [0, 0.1) is 0 Å². The van der Waals surface area contributed by atoms with Crippen LogP contribution in [0.5, 0.6) is 0 Å². The number of amides is 1. The Balaban J connectivity index is 1.94. The molecule has 0 aromatic heterocycles. The lowest BCUT2D eigenvalue weighted by Crippen LogP contribution is -2.64. The van der Waals surface area contributed by atoms with Crippen LogP contribution >= 0.6 is 0 Å². The summed E-state index contributed by atoms with van der Waals surface area (Å²) < 4.78 is 0. The molecule has 0 radical (unpaired) electrons. The highest BCUT2D eigenvalue weighted by molar-refractivity contribution is 5.86. The van der Waals surface area contributed by atoms with E-state index in [0.717, 1.165) is 32.1 Å². The van der Waals surface area contributed by atoms with Crippen LogP contribution in [0.2, 0.25) is 0 Å². The number of hydrogen-bond acceptors (Lipinski definition) is 3. The lowest BCUT2D eigenvalue weighted by molar-refractivity contribution is -0.137. The largest absolute Gasteiger partial charge is 0.317 e. The minimum Gasteiger partial charge on any atom is -0.317 e. The number of carbonyl (C=O) groups is 1. The molecule has 1 aliphatic carbocycles. The molecule has 0 bridgehead atoms. The van der Waals surface area contributed by atoms with E-state index in [-0.39, 0.29) is 5.91 Å². The second kappa shape index (κ2) is 4.34. The van der Waals surface area contributed by atoms with Crippen LogP contribution < -0.4 is 11.2 Å². The molecule has 2 atom stereocenters. The van der Waals surface area contributed by atoms with Crippen molar-refractivity contribution < 1.29 is 4.79 Å². The molecule has 16 heavy (non-hydrogen) atoms. The first-order valence-electron chi connectivity index (χ1n) is 6.41. The smallest absolute Gasteiger partial charge is 0.254 e. The molecular formula is C12H23N3O. The number of rotatable bonds is 2. The van der Waals surface area contributed by atoms with Gasteiger partial charge < -0.3 is 5.73 Å². The lowest BCUT2D eigenvalue weighted by Gasteiger charge is -2.43. The molecule has 0 aromatic carbocycles. The molecule has 4 heteroatoms. The maximum atomic E-state index is 12.0. The fourth-order valence-corrected chi connectivity index (χ4v) is 2.65. The van der Waals surface area contributed by atoms with Crippen molar-refractivity contribution in [1.82, 2.24) is 10.4 Å². The van der Waals surface area contributed by atoms with E-state index in [1.807, 2.05) is 0 Å². The van der Waals surface area contributed by atoms with Crippen LogP contribution in [-0.2, 0) is 4.79 Å². The van der Waals surface area contributed by atoms with Crippen molar-refractivity contribution in [2.24, 2.45) is 5.73 Å². The topological polar surface area (TPSA) is 58.4 Å². The van der Waals surface area contributed by atoms with Gasteiger partial charge in [-0.3, -0.25) is 10.2 Å². The number of nitrogens with two attached hydrogens (primary N) is 1. The maximum Gasteiger partial charge on any atom is 0.254 e. The number of nitrogens with one attached hydrogen (secondary N) is 1. The summed E-state index contributed by atoms with van der Waals surface area (Å²) in [5.41, 5.74) is 8.46. The van der Waals surface area contributed by atoms with Crippen molar-refractivity contribution >= 4 is 5.91 Å². The first-order chi connectivity index (χ1) is 7.53. The van der Waals surface area contributed by atoms with Crippen LogP contribution in [0.3, 0.4) is 0 Å². The van der Waals surface area contributed by atoms with E-state index in [9.17, 15) is 4.79 Å². The summed E-state index contributed by atoms with van der Waals surface area (Å²) in [5.74, 6) is 0.0133. The highest BCUT2D eigenvalue weighted by atomic mass is 16.2. The predicted octanol–water partition coefficient (Wildman–Crippen LogP) is 1.16. The molecule has 1 heterocycles. The van der Waals surface area contributed by atoms with Gasteiger partial charge >= 0.3 is 0 Å². The van der Waals surface area contributed by atoms with Crippen molar-refractivity contribution in [3.8, 4) is 0 Å². The van der Waals surface area contributed by atoms with E-state index in [0.29, 0.717) is 12.1 Å². The van der Waals surface area contributed by atoms with E-state index < -0.39 is 5.54 Å². The van der Waals surface area contributed by atoms with Gasteiger partial charge in [-0.05, 0) is 46.0 Å². The second-order valence-corrected chi connectivity index (χ2v) is 5.49. The Morgan fingerprint density at radius 1 is 1.25 bits per heavy atom. The van der Waals surface area contributed by atoms with Gasteiger partial charge in [0.25, 0.3) is 5.91 Å². The fraction of sp³-hybridized carbons (Fsp3) is 0.917. The molecule has 2 aliphatic rings. The molecule has 2 fully saturated rings. The quantitative estimate of drug-likeness (QED) is 0.741. The van der Waals surface area contributed by atoms with Crippen LogP contribution in [0.25, 0.3) is 0 Å². The van der Waals surface area contributed by atoms with E-state index in [4.69, 9.17) is 5.73 Å². The summed E-state index contributed by atoms with van der Waals surface area (Å²) in [7, 11) is 0. The first kappa shape index (κ1) is 11.9. The SMILES string of the molecule is CC1CCCC(C)N1NC(=O)C1(N)CCC1. The Morgan fingerprint density at radius 2 is 1.81 bits per heavy atom. The average Bonchev–Trinajstić information content (AvgIpc) is 2.20. The van der Waals surface area contributed by atoms with E-state index in [1.165, 1.54) is 6.42 Å². The predicted molar refractivity (Wildman–Crippen MR) is 63.5 cm³/mol. The van der Waals surface area contributed by atoms with E-state index in [2.05, 4.69) is 24.3 Å². The summed E-state index contributed by atoms with van der Waals surface area (Å²) in [6, 6.07) is 0.854. The Bertz CT molecular complexity index is 265. The molecule has 1 saturated carbocycles. The zero-order valence-corrected chi connectivity index (χ0v) is 10.3. The molecule has 0 aromatic rings. The zero-order valence-electron chi connectivity index (χ0n) is 10.3. The third kappa shape index (κ3) is 2.09. The zero-order chi connectivity index (χ0) is 11.8. The number of hydrogen-bond donors (Lipinski definition) is 2. The van der Waals surface area contributed by atoms with E-state index >= 15 is 0 Å². The molecule has 1 aliphatic heterocycles. The molecule has 92 valence electrons. The third-order valence-electron chi connectivity index (χ3n) is 4.12. The summed E-state index contributed by atoms with van der Waals surface area (Å²) in [6.45, 7) is 4.33. The van der Waals surface area contributed by atoms with Gasteiger partial charge in [-0.15, -0.1) is 0 Å². The molecule has 0 spiro atoms. The number of nitrogens with zero attached hydrogens (tertiary/aromatic N) is 1. The summed E-state index contributed by atoms with van der Waals surface area (Å²) in [5, 5.41) is 2.10.